The molecule has 1 unspecified atom stereocenters. The van der Waals surface area contributed by atoms with Crippen LogP contribution in [0.5, 0.6) is 0 Å². The first-order valence-corrected chi connectivity index (χ1v) is 9.02. The van der Waals surface area contributed by atoms with Crippen LogP contribution in [0, 0.1) is 10.7 Å². The van der Waals surface area contributed by atoms with Gasteiger partial charge >= 0.3 is 5.97 Å². The van der Waals surface area contributed by atoms with Gasteiger partial charge in [0, 0.05) is 10.7 Å². The van der Waals surface area contributed by atoms with Gasteiger partial charge in [-0.2, -0.15) is 12.6 Å². The summed E-state index contributed by atoms with van der Waals surface area (Å²) in [6.07, 6.45) is 0.293. The second-order valence-corrected chi connectivity index (χ2v) is 7.56. The third-order valence-corrected chi connectivity index (χ3v) is 6.18. The van der Waals surface area contributed by atoms with Crippen molar-refractivity contribution in [3.8, 4) is 0 Å². The van der Waals surface area contributed by atoms with Crippen LogP contribution in [0.1, 0.15) is 16.8 Å². The molecule has 1 aromatic rings. The Morgan fingerprint density at radius 3 is 2.47 bits per heavy atom. The molecule has 0 aliphatic rings. The number of benzene rings is 1. The molecule has 1 atom stereocenters. The Morgan fingerprint density at radius 2 is 1.95 bits per heavy atom. The average Bonchev–Trinajstić information content (AvgIpc) is 2.32. The fraction of sp³-hybridized carbons (Fsp3) is 0.273. The molecule has 0 aromatic heterocycles. The molecule has 1 rings (SSSR count). The van der Waals surface area contributed by atoms with Crippen molar-refractivity contribution in [1.29, 1.82) is 0 Å². The number of rotatable bonds is 5. The Hall–Kier alpha value is 0.700. The first-order chi connectivity index (χ1) is 8.86. The van der Waals surface area contributed by atoms with Crippen LogP contribution in [0.15, 0.2) is 12.1 Å². The number of carbonyl (C=O) groups excluding carboxylic acids is 1. The third-order valence-electron chi connectivity index (χ3n) is 2.26. The van der Waals surface area contributed by atoms with Gasteiger partial charge in [0.1, 0.15) is 6.04 Å². The summed E-state index contributed by atoms with van der Waals surface area (Å²) < 4.78 is 2.73. The number of hydrogen-bond donors (Lipinski definition) is 3. The Morgan fingerprint density at radius 1 is 1.32 bits per heavy atom. The number of hydrogen-bond acceptors (Lipinski definition) is 3. The lowest BCUT2D eigenvalue weighted by Gasteiger charge is -2.14. The fourth-order valence-electron chi connectivity index (χ4n) is 1.34. The Balaban J connectivity index is 2.97. The van der Waals surface area contributed by atoms with Crippen molar-refractivity contribution in [3.63, 3.8) is 0 Å². The first-order valence-electron chi connectivity index (χ1n) is 5.16. The van der Waals surface area contributed by atoms with Crippen molar-refractivity contribution in [1.82, 2.24) is 5.32 Å². The molecule has 0 heterocycles. The van der Waals surface area contributed by atoms with E-state index >= 15 is 0 Å². The molecule has 0 bridgehead atoms. The maximum absolute atomic E-state index is 12.1. The van der Waals surface area contributed by atoms with Gasteiger partial charge in [-0.1, -0.05) is 0 Å². The maximum Gasteiger partial charge on any atom is 0.326 e. The van der Waals surface area contributed by atoms with E-state index in [0.717, 1.165) is 10.7 Å². The molecule has 4 nitrogen and oxygen atoms in total. The van der Waals surface area contributed by atoms with E-state index in [-0.39, 0.29) is 5.91 Å². The average molecular weight is 617 g/mol. The van der Waals surface area contributed by atoms with Crippen molar-refractivity contribution in [2.75, 3.05) is 5.75 Å². The van der Waals surface area contributed by atoms with E-state index in [9.17, 15) is 9.59 Å². The minimum absolute atomic E-state index is 0.293. The molecule has 0 radical (unpaired) electrons. The second kappa shape index (κ2) is 8.22. The van der Waals surface area contributed by atoms with Gasteiger partial charge in [-0.15, -0.1) is 0 Å². The Labute approximate surface area is 157 Å². The molecule has 0 aliphatic carbocycles. The van der Waals surface area contributed by atoms with Gasteiger partial charge < -0.3 is 10.4 Å². The Kier molecular flexibility index (Phi) is 7.68. The number of nitrogens with one attached hydrogen (secondary N) is 1. The molecule has 0 fully saturated rings. The van der Waals surface area contributed by atoms with Crippen LogP contribution >= 0.6 is 80.4 Å². The lowest BCUT2D eigenvalue weighted by atomic mass is 10.1. The smallest absolute Gasteiger partial charge is 0.326 e. The number of amides is 1. The highest BCUT2D eigenvalue weighted by atomic mass is 127. The van der Waals surface area contributed by atoms with Gasteiger partial charge in [0.25, 0.3) is 5.91 Å². The minimum atomic E-state index is -1.04. The van der Waals surface area contributed by atoms with Gasteiger partial charge in [-0.25, -0.2) is 4.79 Å². The molecule has 1 aromatic carbocycles. The SMILES string of the molecule is O=C(NC(CCS)C(=O)O)c1cc(I)cc(I)c1I. The minimum Gasteiger partial charge on any atom is -0.480 e. The summed E-state index contributed by atoms with van der Waals surface area (Å²) in [5.41, 5.74) is 0.502. The zero-order chi connectivity index (χ0) is 14.6. The van der Waals surface area contributed by atoms with Crippen LogP contribution in [0.25, 0.3) is 0 Å². The van der Waals surface area contributed by atoms with E-state index in [1.807, 2.05) is 6.07 Å². The van der Waals surface area contributed by atoms with Crippen molar-refractivity contribution in [2.45, 2.75) is 12.5 Å². The van der Waals surface area contributed by atoms with Crippen LogP contribution in [0.4, 0.5) is 0 Å². The van der Waals surface area contributed by atoms with E-state index in [1.54, 1.807) is 6.07 Å². The molecule has 0 saturated carbocycles. The number of thiol groups is 1. The lowest BCUT2D eigenvalue weighted by Crippen LogP contribution is -2.41. The fourth-order valence-corrected chi connectivity index (χ4v) is 4.00. The van der Waals surface area contributed by atoms with Gasteiger partial charge in [0.2, 0.25) is 0 Å². The highest BCUT2D eigenvalue weighted by Crippen LogP contribution is 2.23. The van der Waals surface area contributed by atoms with Gasteiger partial charge in [-0.05, 0) is 92.1 Å². The molecular formula is C11H10I3NO3S. The van der Waals surface area contributed by atoms with Crippen LogP contribution in [-0.4, -0.2) is 28.8 Å². The number of aliphatic carboxylic acids is 1. The van der Waals surface area contributed by atoms with Crippen LogP contribution in [-0.2, 0) is 4.79 Å². The van der Waals surface area contributed by atoms with Crippen LogP contribution in [0.2, 0.25) is 0 Å². The van der Waals surface area contributed by atoms with Gasteiger partial charge in [0.05, 0.1) is 5.56 Å². The molecule has 0 spiro atoms. The van der Waals surface area contributed by atoms with Crippen molar-refractivity contribution >= 4 is 92.3 Å². The second-order valence-electron chi connectivity index (χ2n) is 3.63. The summed E-state index contributed by atoms with van der Waals surface area (Å²) in [6, 6.07) is 2.80. The quantitative estimate of drug-likeness (QED) is 0.271. The van der Waals surface area contributed by atoms with Crippen LogP contribution < -0.4 is 5.32 Å². The molecule has 1 amide bonds. The summed E-state index contributed by atoms with van der Waals surface area (Å²) in [5, 5.41) is 11.6. The number of carboxylic acids is 1. The van der Waals surface area contributed by atoms with Crippen molar-refractivity contribution < 1.29 is 14.7 Å². The third kappa shape index (κ3) is 5.19. The van der Waals surface area contributed by atoms with Crippen molar-refractivity contribution in [2.24, 2.45) is 0 Å². The van der Waals surface area contributed by atoms with Crippen LogP contribution in [0.3, 0.4) is 0 Å². The largest absolute Gasteiger partial charge is 0.480 e. The zero-order valence-electron chi connectivity index (χ0n) is 9.49. The standard InChI is InChI=1S/C11H10I3NO3S/c12-5-3-6(9(14)7(13)4-5)10(16)15-8(1-2-19)11(17)18/h3-4,8,19H,1-2H2,(H,15,16)(H,17,18). The number of carbonyl (C=O) groups is 2. The maximum atomic E-state index is 12.1. The van der Waals surface area contributed by atoms with Crippen molar-refractivity contribution in [3.05, 3.63) is 28.4 Å². The summed E-state index contributed by atoms with van der Waals surface area (Å²) >= 11 is 10.4. The van der Waals surface area contributed by atoms with E-state index in [0.29, 0.717) is 17.7 Å². The highest BCUT2D eigenvalue weighted by Gasteiger charge is 2.21. The summed E-state index contributed by atoms with van der Waals surface area (Å²) in [5.74, 6) is -1.01. The number of halogens is 3. The summed E-state index contributed by atoms with van der Waals surface area (Å²) in [7, 11) is 0. The molecule has 0 aliphatic heterocycles. The lowest BCUT2D eigenvalue weighted by molar-refractivity contribution is -0.139. The van der Waals surface area contributed by atoms with Gasteiger partial charge in [0.15, 0.2) is 0 Å². The first kappa shape index (κ1) is 17.8. The van der Waals surface area contributed by atoms with E-state index in [4.69, 9.17) is 5.11 Å². The Bertz CT molecular complexity index is 510. The summed E-state index contributed by atoms with van der Waals surface area (Å²) in [4.78, 5) is 23.2. The topological polar surface area (TPSA) is 66.4 Å². The van der Waals surface area contributed by atoms with Gasteiger partial charge in [-0.3, -0.25) is 4.79 Å². The summed E-state index contributed by atoms with van der Waals surface area (Å²) in [6.45, 7) is 0. The number of carboxylic acid groups (broad SMARTS) is 1. The highest BCUT2D eigenvalue weighted by molar-refractivity contribution is 14.1. The predicted octanol–water partition coefficient (Wildman–Crippen LogP) is 3.00. The van der Waals surface area contributed by atoms with E-state index in [1.165, 1.54) is 0 Å². The monoisotopic (exact) mass is 617 g/mol. The predicted molar refractivity (Wildman–Crippen MR) is 102 cm³/mol. The molecule has 8 heteroatoms. The molecule has 2 N–H and O–H groups in total. The molecule has 19 heavy (non-hydrogen) atoms. The molecule has 104 valence electrons. The molecular weight excluding hydrogens is 607 g/mol. The van der Waals surface area contributed by atoms with E-state index in [2.05, 4.69) is 85.7 Å². The van der Waals surface area contributed by atoms with E-state index < -0.39 is 12.0 Å². The molecule has 0 saturated heterocycles. The normalized spacial score (nSPS) is 12.0. The zero-order valence-corrected chi connectivity index (χ0v) is 16.9.